The van der Waals surface area contributed by atoms with E-state index in [1.54, 1.807) is 18.5 Å². The van der Waals surface area contributed by atoms with Gasteiger partial charge in [0.15, 0.2) is 5.82 Å². The molecule has 3 heterocycles. The van der Waals surface area contributed by atoms with Gasteiger partial charge in [-0.1, -0.05) is 30.3 Å². The van der Waals surface area contributed by atoms with Gasteiger partial charge < -0.3 is 19.9 Å². The van der Waals surface area contributed by atoms with Gasteiger partial charge in [-0.05, 0) is 42.3 Å². The molecule has 0 bridgehead atoms. The molecule has 6 rings (SSSR count). The Hall–Kier alpha value is -5.37. The normalized spacial score (nSPS) is 13.8. The number of halogens is 3. The maximum absolute atomic E-state index is 14.5. The molecule has 1 aliphatic rings. The van der Waals surface area contributed by atoms with Crippen LogP contribution in [0.25, 0.3) is 33.5 Å². The van der Waals surface area contributed by atoms with E-state index < -0.39 is 23.5 Å². The molecule has 0 saturated carbocycles. The van der Waals surface area contributed by atoms with Gasteiger partial charge in [0.1, 0.15) is 29.6 Å². The molecule has 1 amide bonds. The predicted octanol–water partition coefficient (Wildman–Crippen LogP) is 6.33. The molecule has 0 aliphatic carbocycles. The van der Waals surface area contributed by atoms with Crippen molar-refractivity contribution < 1.29 is 22.7 Å². The fraction of sp³-hybridized carbons (Fsp3) is 0.188. The number of fused-ring (bicyclic) bond motifs is 1. The van der Waals surface area contributed by atoms with Crippen LogP contribution in [0.3, 0.4) is 0 Å². The number of carbonyl (C=O) groups excluding carboxylic acids is 1. The fourth-order valence-electron chi connectivity index (χ4n) is 5.24. The number of hydrogen-bond acceptors (Lipinski definition) is 6. The molecule has 1 fully saturated rings. The fourth-order valence-corrected chi connectivity index (χ4v) is 5.24. The first-order valence-corrected chi connectivity index (χ1v) is 13.6. The van der Waals surface area contributed by atoms with Crippen LogP contribution >= 0.6 is 0 Å². The highest BCUT2D eigenvalue weighted by Gasteiger charge is 2.35. The molecule has 5 aromatic rings. The molecule has 1 unspecified atom stereocenters. The van der Waals surface area contributed by atoms with E-state index >= 15 is 0 Å². The molecular weight excluding hydrogens is 557 g/mol. The second kappa shape index (κ2) is 11.5. The first kappa shape index (κ1) is 27.8. The Bertz CT molecular complexity index is 1870. The Morgan fingerprint density at radius 3 is 2.60 bits per heavy atom. The third-order valence-corrected chi connectivity index (χ3v) is 7.51. The van der Waals surface area contributed by atoms with E-state index in [9.17, 15) is 23.2 Å². The second-order valence-corrected chi connectivity index (χ2v) is 10.5. The number of aromatic amines is 1. The van der Waals surface area contributed by atoms with Crippen LogP contribution in [0, 0.1) is 34.7 Å². The first-order chi connectivity index (χ1) is 20.8. The van der Waals surface area contributed by atoms with Gasteiger partial charge in [0, 0.05) is 49.1 Å². The Kier molecular flexibility index (Phi) is 7.42. The summed E-state index contributed by atoms with van der Waals surface area (Å²) in [6, 6.07) is 17.0. The lowest BCUT2D eigenvalue weighted by atomic mass is 9.89. The number of imidazole rings is 1. The maximum atomic E-state index is 14.5. The van der Waals surface area contributed by atoms with Crippen molar-refractivity contribution in [2.75, 3.05) is 18.0 Å². The molecule has 8 nitrogen and oxygen atoms in total. The zero-order chi connectivity index (χ0) is 30.1. The average molecular weight is 583 g/mol. The van der Waals surface area contributed by atoms with E-state index in [-0.39, 0.29) is 41.0 Å². The maximum Gasteiger partial charge on any atom is 0.407 e. The van der Waals surface area contributed by atoms with Crippen LogP contribution in [0.1, 0.15) is 18.1 Å². The van der Waals surface area contributed by atoms with Crippen LogP contribution in [0.15, 0.2) is 73.1 Å². The van der Waals surface area contributed by atoms with Gasteiger partial charge in [0.2, 0.25) is 0 Å². The van der Waals surface area contributed by atoms with E-state index in [4.69, 9.17) is 4.74 Å². The predicted molar refractivity (Wildman–Crippen MR) is 154 cm³/mol. The number of alkyl carbamates (subject to hydrolysis) is 1. The molecule has 11 heteroatoms. The van der Waals surface area contributed by atoms with E-state index in [1.165, 1.54) is 6.07 Å². The van der Waals surface area contributed by atoms with Crippen LogP contribution in [0.4, 0.5) is 23.7 Å². The lowest BCUT2D eigenvalue weighted by Crippen LogP contribution is -2.56. The largest absolute Gasteiger partial charge is 0.445 e. The van der Waals surface area contributed by atoms with Crippen molar-refractivity contribution >= 4 is 22.8 Å². The number of benzene rings is 3. The highest BCUT2D eigenvalue weighted by atomic mass is 19.1. The monoisotopic (exact) mass is 582 g/mol. The first-order valence-electron chi connectivity index (χ1n) is 13.6. The average Bonchev–Trinajstić information content (AvgIpc) is 3.40. The third-order valence-electron chi connectivity index (χ3n) is 7.51. The number of nitrogens with zero attached hydrogens (tertiary/aromatic N) is 4. The molecule has 0 radical (unpaired) electrons. The quantitative estimate of drug-likeness (QED) is 0.232. The SMILES string of the molecule is CC(NC(=O)OCc1ccccc1)C1CN(c2c(-c3cc(F)cc(C#N)c3)cncc2-c2nc3c(F)cc(F)cc3[nH]2)C1. The molecule has 2 aromatic heterocycles. The van der Waals surface area contributed by atoms with E-state index in [1.807, 2.05) is 48.2 Å². The second-order valence-electron chi connectivity index (χ2n) is 10.5. The number of amides is 1. The minimum absolute atomic E-state index is 0.0291. The zero-order valence-corrected chi connectivity index (χ0v) is 22.9. The number of ether oxygens (including phenoxy) is 1. The summed E-state index contributed by atoms with van der Waals surface area (Å²) in [7, 11) is 0. The Morgan fingerprint density at radius 1 is 1.09 bits per heavy atom. The third kappa shape index (κ3) is 5.72. The molecule has 1 atom stereocenters. The molecule has 1 aliphatic heterocycles. The summed E-state index contributed by atoms with van der Waals surface area (Å²) < 4.78 is 48.3. The summed E-state index contributed by atoms with van der Waals surface area (Å²) in [5.41, 5.74) is 3.23. The highest BCUT2D eigenvalue weighted by Crippen LogP contribution is 2.42. The number of nitriles is 1. The van der Waals surface area contributed by atoms with Crippen molar-refractivity contribution in [3.63, 3.8) is 0 Å². The number of nitrogens with one attached hydrogen (secondary N) is 2. The minimum atomic E-state index is -0.810. The van der Waals surface area contributed by atoms with Gasteiger partial charge in [-0.3, -0.25) is 4.98 Å². The van der Waals surface area contributed by atoms with Crippen molar-refractivity contribution in [3.8, 4) is 28.6 Å². The Labute approximate surface area is 244 Å². The van der Waals surface area contributed by atoms with Gasteiger partial charge in [-0.2, -0.15) is 5.26 Å². The number of aromatic nitrogens is 3. The van der Waals surface area contributed by atoms with Gasteiger partial charge in [-0.15, -0.1) is 0 Å². The van der Waals surface area contributed by atoms with Crippen molar-refractivity contribution in [1.82, 2.24) is 20.3 Å². The molecular formula is C32H25F3N6O2. The van der Waals surface area contributed by atoms with E-state index in [0.717, 1.165) is 23.8 Å². The van der Waals surface area contributed by atoms with Crippen LogP contribution in [-0.4, -0.2) is 40.2 Å². The summed E-state index contributed by atoms with van der Waals surface area (Å²) in [6.45, 7) is 3.06. The minimum Gasteiger partial charge on any atom is -0.445 e. The molecule has 216 valence electrons. The molecule has 2 N–H and O–H groups in total. The van der Waals surface area contributed by atoms with Gasteiger partial charge in [-0.25, -0.2) is 22.9 Å². The lowest BCUT2D eigenvalue weighted by molar-refractivity contribution is 0.131. The Balaban J connectivity index is 1.29. The van der Waals surface area contributed by atoms with Crippen LogP contribution in [0.2, 0.25) is 0 Å². The van der Waals surface area contributed by atoms with Gasteiger partial charge in [0.25, 0.3) is 0 Å². The van der Waals surface area contributed by atoms with E-state index in [2.05, 4.69) is 20.3 Å². The zero-order valence-electron chi connectivity index (χ0n) is 22.9. The van der Waals surface area contributed by atoms with Crippen molar-refractivity contribution in [2.24, 2.45) is 5.92 Å². The smallest absolute Gasteiger partial charge is 0.407 e. The van der Waals surface area contributed by atoms with Gasteiger partial charge in [0.05, 0.1) is 28.4 Å². The topological polar surface area (TPSA) is 107 Å². The highest BCUT2D eigenvalue weighted by molar-refractivity contribution is 5.91. The summed E-state index contributed by atoms with van der Waals surface area (Å²) in [5, 5.41) is 12.3. The number of pyridine rings is 1. The summed E-state index contributed by atoms with van der Waals surface area (Å²) >= 11 is 0. The lowest BCUT2D eigenvalue weighted by Gasteiger charge is -2.45. The molecule has 0 spiro atoms. The number of H-pyrrole nitrogens is 1. The molecule has 3 aromatic carbocycles. The number of carbonyl (C=O) groups is 1. The number of rotatable bonds is 7. The number of hydrogen-bond donors (Lipinski definition) is 2. The van der Waals surface area contributed by atoms with Crippen molar-refractivity contribution in [3.05, 3.63) is 102 Å². The molecule has 43 heavy (non-hydrogen) atoms. The number of anilines is 1. The molecule has 1 saturated heterocycles. The van der Waals surface area contributed by atoms with Crippen molar-refractivity contribution in [1.29, 1.82) is 5.26 Å². The van der Waals surface area contributed by atoms with Crippen molar-refractivity contribution in [2.45, 2.75) is 19.6 Å². The summed E-state index contributed by atoms with van der Waals surface area (Å²) in [6.07, 6.45) is 2.58. The van der Waals surface area contributed by atoms with E-state index in [0.29, 0.717) is 35.5 Å². The van der Waals surface area contributed by atoms with Crippen LogP contribution < -0.4 is 10.2 Å². The van der Waals surface area contributed by atoms with Gasteiger partial charge >= 0.3 is 6.09 Å². The van der Waals surface area contributed by atoms with Crippen LogP contribution in [0.5, 0.6) is 0 Å². The van der Waals surface area contributed by atoms with Crippen LogP contribution in [-0.2, 0) is 11.3 Å². The summed E-state index contributed by atoms with van der Waals surface area (Å²) in [4.78, 5) is 26.2. The Morgan fingerprint density at radius 2 is 1.84 bits per heavy atom. The summed E-state index contributed by atoms with van der Waals surface area (Å²) in [5.74, 6) is -1.84. The standard InChI is InChI=1S/C32H25F3N6O2/c1-18(38-32(42)43-17-19-5-3-2-4-6-19)22-15-41(16-22)30-25(21-7-20(12-36)8-23(33)9-21)13-37-14-26(30)31-39-28-11-24(34)10-27(35)29(28)40-31/h2-11,13-14,18,22H,15-17H2,1H3,(H,38,42)(H,39,40).